The number of aromatic nitrogens is 2. The first-order chi connectivity index (χ1) is 18.3. The van der Waals surface area contributed by atoms with Crippen molar-refractivity contribution < 1.29 is 4.57 Å². The van der Waals surface area contributed by atoms with E-state index >= 15 is 0 Å². The van der Waals surface area contributed by atoms with E-state index in [0.29, 0.717) is 12.0 Å². The molecule has 37 heavy (non-hydrogen) atoms. The van der Waals surface area contributed by atoms with Crippen molar-refractivity contribution in [1.29, 1.82) is 0 Å². The van der Waals surface area contributed by atoms with E-state index in [4.69, 9.17) is 0 Å². The summed E-state index contributed by atoms with van der Waals surface area (Å²) >= 11 is 0. The topological polar surface area (TPSA) is 19.7 Å². The third-order valence-corrected chi connectivity index (χ3v) is 8.37. The number of nitrogens with one attached hydrogen (secondary N) is 1. The molecule has 0 aliphatic heterocycles. The van der Waals surface area contributed by atoms with Crippen molar-refractivity contribution in [3.8, 4) is 0 Å². The zero-order chi connectivity index (χ0) is 26.2. The average Bonchev–Trinajstić information content (AvgIpc) is 3.46. The Morgan fingerprint density at radius 2 is 1.08 bits per heavy atom. The maximum atomic E-state index is 3.32. The van der Waals surface area contributed by atoms with Crippen LogP contribution in [0, 0.1) is 5.92 Å². The molecule has 0 bridgehead atoms. The molecular formula is C35H61N2+. The summed E-state index contributed by atoms with van der Waals surface area (Å²) in [7, 11) is 0. The molecule has 1 aromatic carbocycles. The van der Waals surface area contributed by atoms with E-state index < -0.39 is 0 Å². The molecule has 0 saturated carbocycles. The Morgan fingerprint density at radius 3 is 1.59 bits per heavy atom. The maximum absolute atomic E-state index is 3.32. The molecule has 1 heterocycles. The largest absolute Gasteiger partial charge is 0.250 e. The second kappa shape index (κ2) is 22.4. The first-order valence-electron chi connectivity index (χ1n) is 16.4. The molecule has 2 aromatic rings. The van der Waals surface area contributed by atoms with Crippen molar-refractivity contribution in [3.63, 3.8) is 0 Å². The van der Waals surface area contributed by atoms with Gasteiger partial charge in [0.25, 0.3) is 0 Å². The van der Waals surface area contributed by atoms with Crippen LogP contribution >= 0.6 is 0 Å². The van der Waals surface area contributed by atoms with Gasteiger partial charge in [0.1, 0.15) is 18.4 Å². The Labute approximate surface area is 231 Å². The number of aromatic amines is 1. The van der Waals surface area contributed by atoms with Gasteiger partial charge in [0.15, 0.2) is 0 Å². The number of hydrogen-bond donors (Lipinski definition) is 1. The zero-order valence-corrected chi connectivity index (χ0v) is 24.8. The summed E-state index contributed by atoms with van der Waals surface area (Å²) in [5.74, 6) is 0.715. The lowest BCUT2D eigenvalue weighted by Crippen LogP contribution is -2.42. The standard InChI is InChI=1S/C35H60N2/c1-3-5-7-9-10-11-12-13-14-15-16-17-18-19-23-27-34(31-33-25-21-20-22-26-33)35(28-24-8-6-4-2)37-30-29-36-32-37/h20-22,25-26,29-30,32,34-35H,3-19,23-24,27-28,31H2,1-2H3/p+1. The molecule has 0 saturated heterocycles. The van der Waals surface area contributed by atoms with E-state index in [1.807, 2.05) is 0 Å². The van der Waals surface area contributed by atoms with E-state index in [2.05, 4.69) is 72.5 Å². The predicted octanol–water partition coefficient (Wildman–Crippen LogP) is 10.9. The summed E-state index contributed by atoms with van der Waals surface area (Å²) in [6.45, 7) is 4.62. The van der Waals surface area contributed by atoms with Crippen LogP contribution in [0.1, 0.15) is 160 Å². The number of rotatable bonds is 25. The van der Waals surface area contributed by atoms with Crippen LogP contribution in [0.5, 0.6) is 0 Å². The van der Waals surface area contributed by atoms with Gasteiger partial charge in [0.2, 0.25) is 6.33 Å². The van der Waals surface area contributed by atoms with E-state index in [1.165, 1.54) is 147 Å². The van der Waals surface area contributed by atoms with E-state index in [9.17, 15) is 0 Å². The van der Waals surface area contributed by atoms with E-state index in [1.54, 1.807) is 0 Å². The summed E-state index contributed by atoms with van der Waals surface area (Å²) < 4.78 is 2.48. The lowest BCUT2D eigenvalue weighted by molar-refractivity contribution is -0.730. The Hall–Kier alpha value is -1.57. The highest BCUT2D eigenvalue weighted by Gasteiger charge is 2.26. The quantitative estimate of drug-likeness (QED) is 0.101. The molecule has 1 N–H and O–H groups in total. The van der Waals surface area contributed by atoms with Crippen LogP contribution in [-0.4, -0.2) is 4.98 Å². The van der Waals surface area contributed by atoms with Gasteiger partial charge in [0, 0.05) is 5.92 Å². The summed E-state index contributed by atoms with van der Waals surface area (Å²) in [6.07, 6.45) is 37.4. The molecule has 0 fully saturated rings. The minimum absolute atomic E-state index is 0.606. The normalized spacial score (nSPS) is 13.1. The van der Waals surface area contributed by atoms with Crippen LogP contribution in [0.4, 0.5) is 0 Å². The molecule has 1 aromatic heterocycles. The second-order valence-corrected chi connectivity index (χ2v) is 11.7. The molecule has 0 amide bonds. The molecule has 0 radical (unpaired) electrons. The third-order valence-electron chi connectivity index (χ3n) is 8.37. The van der Waals surface area contributed by atoms with E-state index in [0.717, 1.165) is 0 Å². The monoisotopic (exact) mass is 509 g/mol. The fourth-order valence-electron chi connectivity index (χ4n) is 6.04. The molecule has 2 heteroatoms. The molecule has 2 atom stereocenters. The van der Waals surface area contributed by atoms with Crippen molar-refractivity contribution in [1.82, 2.24) is 4.98 Å². The Bertz CT molecular complexity index is 708. The molecule has 0 aliphatic carbocycles. The number of H-pyrrole nitrogens is 1. The number of hydrogen-bond acceptors (Lipinski definition) is 0. The minimum atomic E-state index is 0.606. The van der Waals surface area contributed by atoms with Crippen LogP contribution in [0.2, 0.25) is 0 Å². The number of unbranched alkanes of at least 4 members (excludes halogenated alkanes) is 17. The van der Waals surface area contributed by atoms with Gasteiger partial charge in [-0.05, 0) is 31.2 Å². The lowest BCUT2D eigenvalue weighted by atomic mass is 9.84. The molecule has 2 rings (SSSR count). The van der Waals surface area contributed by atoms with Gasteiger partial charge in [-0.1, -0.05) is 160 Å². The SMILES string of the molecule is CCCCCCCCCCCCCCCCCC(Cc1ccccc1)C(CCCCCC)[n+]1cc[nH]c1. The fourth-order valence-corrected chi connectivity index (χ4v) is 6.04. The van der Waals surface area contributed by atoms with Crippen LogP contribution in [0.25, 0.3) is 0 Å². The van der Waals surface area contributed by atoms with E-state index in [-0.39, 0.29) is 0 Å². The van der Waals surface area contributed by atoms with Gasteiger partial charge in [-0.15, -0.1) is 0 Å². The van der Waals surface area contributed by atoms with Gasteiger partial charge in [-0.3, -0.25) is 4.98 Å². The summed E-state index contributed by atoms with van der Waals surface area (Å²) in [5.41, 5.74) is 1.50. The smallest absolute Gasteiger partial charge is 0.241 e. The molecular weight excluding hydrogens is 448 g/mol. The highest BCUT2D eigenvalue weighted by Crippen LogP contribution is 2.29. The van der Waals surface area contributed by atoms with Gasteiger partial charge >= 0.3 is 0 Å². The molecule has 210 valence electrons. The molecule has 2 nitrogen and oxygen atoms in total. The summed E-state index contributed by atoms with van der Waals surface area (Å²) in [6, 6.07) is 11.8. The van der Waals surface area contributed by atoms with Gasteiger partial charge in [0.05, 0.1) is 0 Å². The average molecular weight is 510 g/mol. The van der Waals surface area contributed by atoms with Crippen molar-refractivity contribution in [3.05, 3.63) is 54.6 Å². The Morgan fingerprint density at radius 1 is 0.595 bits per heavy atom. The lowest BCUT2D eigenvalue weighted by Gasteiger charge is -2.25. The molecule has 2 unspecified atom stereocenters. The van der Waals surface area contributed by atoms with Gasteiger partial charge < -0.3 is 0 Å². The second-order valence-electron chi connectivity index (χ2n) is 11.7. The first kappa shape index (κ1) is 31.6. The predicted molar refractivity (Wildman–Crippen MR) is 162 cm³/mol. The first-order valence-corrected chi connectivity index (χ1v) is 16.4. The highest BCUT2D eigenvalue weighted by atomic mass is 15.1. The van der Waals surface area contributed by atoms with Gasteiger partial charge in [-0.25, -0.2) is 4.57 Å². The summed E-state index contributed by atoms with van der Waals surface area (Å²) in [5, 5.41) is 0. The number of imidazole rings is 1. The number of benzene rings is 1. The Kier molecular flexibility index (Phi) is 19.2. The van der Waals surface area contributed by atoms with Crippen LogP contribution in [-0.2, 0) is 6.42 Å². The molecule has 0 aliphatic rings. The maximum Gasteiger partial charge on any atom is 0.241 e. The van der Waals surface area contributed by atoms with Crippen LogP contribution in [0.15, 0.2) is 49.1 Å². The fraction of sp³-hybridized carbons (Fsp3) is 0.743. The minimum Gasteiger partial charge on any atom is -0.250 e. The van der Waals surface area contributed by atoms with Crippen LogP contribution < -0.4 is 4.57 Å². The third kappa shape index (κ3) is 15.4. The highest BCUT2D eigenvalue weighted by molar-refractivity contribution is 5.15. The summed E-state index contributed by atoms with van der Waals surface area (Å²) in [4.78, 5) is 3.32. The Balaban J connectivity index is 1.67. The van der Waals surface area contributed by atoms with Crippen molar-refractivity contribution >= 4 is 0 Å². The van der Waals surface area contributed by atoms with Crippen LogP contribution in [0.3, 0.4) is 0 Å². The number of nitrogens with zero attached hydrogens (tertiary/aromatic N) is 1. The van der Waals surface area contributed by atoms with Crippen molar-refractivity contribution in [2.24, 2.45) is 5.92 Å². The van der Waals surface area contributed by atoms with Gasteiger partial charge in [-0.2, -0.15) is 0 Å². The molecule has 0 spiro atoms. The van der Waals surface area contributed by atoms with Crippen molar-refractivity contribution in [2.75, 3.05) is 0 Å². The zero-order valence-electron chi connectivity index (χ0n) is 24.8. The van der Waals surface area contributed by atoms with Crippen molar-refractivity contribution in [2.45, 2.75) is 161 Å².